The highest BCUT2D eigenvalue weighted by molar-refractivity contribution is 6.40. The zero-order valence-corrected chi connectivity index (χ0v) is 22.1. The van der Waals surface area contributed by atoms with Gasteiger partial charge in [0.1, 0.15) is 11.2 Å². The lowest BCUT2D eigenvalue weighted by molar-refractivity contribution is 0.0577. The summed E-state index contributed by atoms with van der Waals surface area (Å²) in [5.74, 6) is 0.0744. The number of nitrogens with one attached hydrogen (secondary N) is 1. The van der Waals surface area contributed by atoms with Crippen LogP contribution in [0, 0.1) is 0 Å². The van der Waals surface area contributed by atoms with Crippen molar-refractivity contribution in [1.82, 2.24) is 9.97 Å². The summed E-state index contributed by atoms with van der Waals surface area (Å²) in [6, 6.07) is 10.7. The summed E-state index contributed by atoms with van der Waals surface area (Å²) >= 11 is 12.5. The van der Waals surface area contributed by atoms with Crippen LogP contribution in [0.1, 0.15) is 43.1 Å². The van der Waals surface area contributed by atoms with Gasteiger partial charge in [-0.05, 0) is 69.5 Å². The average Bonchev–Trinajstić information content (AvgIpc) is 2.83. The largest absolute Gasteiger partial charge is 0.455 e. The molecule has 0 saturated carbocycles. The summed E-state index contributed by atoms with van der Waals surface area (Å²) in [4.78, 5) is 37.5. The molecule has 0 fully saturated rings. The monoisotopic (exact) mass is 541 g/mol. The van der Waals surface area contributed by atoms with E-state index in [-0.39, 0.29) is 36.1 Å². The van der Waals surface area contributed by atoms with Crippen LogP contribution in [-0.2, 0) is 11.2 Å². The zero-order valence-electron chi connectivity index (χ0n) is 20.5. The van der Waals surface area contributed by atoms with E-state index < -0.39 is 5.60 Å². The Kier molecular flexibility index (Phi) is 6.59. The van der Waals surface area contributed by atoms with Gasteiger partial charge in [0, 0.05) is 18.4 Å². The number of ether oxygens (including phenoxy) is 2. The number of aryl methyl sites for hydroxylation is 1. The summed E-state index contributed by atoms with van der Waals surface area (Å²) in [6.45, 7) is 6.06. The molecule has 0 bridgehead atoms. The van der Waals surface area contributed by atoms with Gasteiger partial charge >= 0.3 is 6.09 Å². The van der Waals surface area contributed by atoms with Crippen LogP contribution in [0.2, 0.25) is 10.0 Å². The number of halogens is 2. The fourth-order valence-corrected chi connectivity index (χ4v) is 4.84. The van der Waals surface area contributed by atoms with Gasteiger partial charge in [-0.15, -0.1) is 0 Å². The second-order valence-corrected chi connectivity index (χ2v) is 10.5. The van der Waals surface area contributed by atoms with Crippen molar-refractivity contribution >= 4 is 58.2 Å². The predicted octanol–water partition coefficient (Wildman–Crippen LogP) is 6.21. The van der Waals surface area contributed by atoms with E-state index in [1.54, 1.807) is 23.1 Å². The van der Waals surface area contributed by atoms with E-state index >= 15 is 0 Å². The molecule has 2 aliphatic rings. The third-order valence-electron chi connectivity index (χ3n) is 5.84. The Bertz CT molecular complexity index is 1370. The standard InChI is InChI=1S/C26H25Cl2N5O4/c1-26(2,3)37-25(35)32-11-5-6-15-12-16(9-10-20(15)32)30-24-29-13-17-22(31-24)36-14-33(23(17)34)21-18(27)7-4-8-19(21)28/h4,7-10,12-13H,5-6,11,14H2,1-3H3,(H,29,30,31). The number of anilines is 4. The number of carbonyl (C=O) groups excluding carboxylic acids is 2. The number of fused-ring (bicyclic) bond motifs is 2. The molecule has 1 aromatic heterocycles. The maximum absolute atomic E-state index is 13.1. The van der Waals surface area contributed by atoms with E-state index in [1.807, 2.05) is 39.0 Å². The molecular formula is C26H25Cl2N5O4. The van der Waals surface area contributed by atoms with E-state index in [9.17, 15) is 9.59 Å². The van der Waals surface area contributed by atoms with Crippen LogP contribution in [0.5, 0.6) is 5.88 Å². The molecule has 1 N–H and O–H groups in total. The first kappa shape index (κ1) is 25.1. The van der Waals surface area contributed by atoms with Crippen molar-refractivity contribution in [3.63, 3.8) is 0 Å². The molecule has 37 heavy (non-hydrogen) atoms. The molecule has 0 atom stereocenters. The Morgan fingerprint density at radius 1 is 1.16 bits per heavy atom. The first-order chi connectivity index (χ1) is 17.6. The molecular weight excluding hydrogens is 517 g/mol. The van der Waals surface area contributed by atoms with E-state index in [4.69, 9.17) is 32.7 Å². The molecule has 0 spiro atoms. The number of hydrogen-bond acceptors (Lipinski definition) is 7. The van der Waals surface area contributed by atoms with Gasteiger partial charge in [0.2, 0.25) is 11.8 Å². The molecule has 0 saturated heterocycles. The third kappa shape index (κ3) is 5.14. The van der Waals surface area contributed by atoms with Gasteiger partial charge < -0.3 is 14.8 Å². The lowest BCUT2D eigenvalue weighted by Gasteiger charge is -2.32. The first-order valence-corrected chi connectivity index (χ1v) is 12.5. The van der Waals surface area contributed by atoms with Crippen LogP contribution >= 0.6 is 23.2 Å². The van der Waals surface area contributed by atoms with Crippen LogP contribution in [0.3, 0.4) is 0 Å². The van der Waals surface area contributed by atoms with Crippen LogP contribution in [-0.4, -0.2) is 40.8 Å². The van der Waals surface area contributed by atoms with Crippen LogP contribution < -0.4 is 19.9 Å². The Hall–Kier alpha value is -3.56. The van der Waals surface area contributed by atoms with Crippen molar-refractivity contribution in [3.8, 4) is 5.88 Å². The van der Waals surface area contributed by atoms with Gasteiger partial charge in [-0.3, -0.25) is 14.6 Å². The van der Waals surface area contributed by atoms with Crippen molar-refractivity contribution in [2.24, 2.45) is 0 Å². The Morgan fingerprint density at radius 3 is 2.65 bits per heavy atom. The SMILES string of the molecule is CC(C)(C)OC(=O)N1CCCc2cc(Nc3ncc4c(n3)OCN(c3c(Cl)cccc3Cl)C4=O)ccc21. The van der Waals surface area contributed by atoms with Gasteiger partial charge in [-0.1, -0.05) is 29.3 Å². The normalized spacial score (nSPS) is 15.0. The Morgan fingerprint density at radius 2 is 1.92 bits per heavy atom. The lowest BCUT2D eigenvalue weighted by atomic mass is 10.0. The van der Waals surface area contributed by atoms with Gasteiger partial charge in [-0.2, -0.15) is 4.98 Å². The second kappa shape index (κ2) is 9.72. The minimum absolute atomic E-state index is 0.0922. The van der Waals surface area contributed by atoms with Crippen LogP contribution in [0.15, 0.2) is 42.6 Å². The average molecular weight is 542 g/mol. The smallest absolute Gasteiger partial charge is 0.414 e. The molecule has 5 rings (SSSR count). The summed E-state index contributed by atoms with van der Waals surface area (Å²) < 4.78 is 11.3. The number of nitrogens with zero attached hydrogens (tertiary/aromatic N) is 4. The summed E-state index contributed by atoms with van der Waals surface area (Å²) in [7, 11) is 0. The Balaban J connectivity index is 1.34. The maximum Gasteiger partial charge on any atom is 0.414 e. The van der Waals surface area contributed by atoms with Crippen LogP contribution in [0.25, 0.3) is 0 Å². The predicted molar refractivity (Wildman–Crippen MR) is 142 cm³/mol. The third-order valence-corrected chi connectivity index (χ3v) is 6.45. The molecule has 3 heterocycles. The number of carbonyl (C=O) groups is 2. The number of rotatable bonds is 3. The fraction of sp³-hybridized carbons (Fsp3) is 0.308. The molecule has 2 aliphatic heterocycles. The van der Waals surface area contributed by atoms with Crippen LogP contribution in [0.4, 0.5) is 27.8 Å². The highest BCUT2D eigenvalue weighted by Crippen LogP contribution is 2.37. The molecule has 2 amide bonds. The van der Waals surface area contributed by atoms with E-state index in [2.05, 4.69) is 15.3 Å². The van der Waals surface area contributed by atoms with Crippen molar-refractivity contribution in [2.75, 3.05) is 28.4 Å². The fourth-order valence-electron chi connectivity index (χ4n) is 4.24. The van der Waals surface area contributed by atoms with Crippen molar-refractivity contribution in [1.29, 1.82) is 0 Å². The van der Waals surface area contributed by atoms with Crippen molar-refractivity contribution in [2.45, 2.75) is 39.2 Å². The number of para-hydroxylation sites is 1. The van der Waals surface area contributed by atoms with Gasteiger partial charge in [0.05, 0.1) is 21.4 Å². The highest BCUT2D eigenvalue weighted by atomic mass is 35.5. The van der Waals surface area contributed by atoms with Gasteiger partial charge in [0.25, 0.3) is 5.91 Å². The minimum atomic E-state index is -0.569. The zero-order chi connectivity index (χ0) is 26.3. The van der Waals surface area contributed by atoms with Crippen molar-refractivity contribution < 1.29 is 19.1 Å². The number of amides is 2. The summed E-state index contributed by atoms with van der Waals surface area (Å²) in [5.41, 5.74) is 2.59. The molecule has 11 heteroatoms. The number of aromatic nitrogens is 2. The lowest BCUT2D eigenvalue weighted by Crippen LogP contribution is -2.39. The van der Waals surface area contributed by atoms with Gasteiger partial charge in [-0.25, -0.2) is 9.78 Å². The van der Waals surface area contributed by atoms with E-state index in [1.165, 1.54) is 11.1 Å². The molecule has 0 aliphatic carbocycles. The highest BCUT2D eigenvalue weighted by Gasteiger charge is 2.32. The van der Waals surface area contributed by atoms with E-state index in [0.717, 1.165) is 29.8 Å². The Labute approximate surface area is 224 Å². The molecule has 2 aromatic carbocycles. The molecule has 0 unspecified atom stereocenters. The number of hydrogen-bond donors (Lipinski definition) is 1. The topological polar surface area (TPSA) is 96.9 Å². The van der Waals surface area contributed by atoms with Gasteiger partial charge in [0.15, 0.2) is 6.73 Å². The summed E-state index contributed by atoms with van der Waals surface area (Å²) in [6.07, 6.45) is 2.70. The quantitative estimate of drug-likeness (QED) is 0.420. The molecule has 3 aromatic rings. The maximum atomic E-state index is 13.1. The molecule has 9 nitrogen and oxygen atoms in total. The second-order valence-electron chi connectivity index (χ2n) is 9.69. The molecule has 0 radical (unpaired) electrons. The molecule has 192 valence electrons. The van der Waals surface area contributed by atoms with Crippen molar-refractivity contribution in [3.05, 3.63) is 63.8 Å². The van der Waals surface area contributed by atoms with E-state index in [0.29, 0.717) is 22.3 Å². The summed E-state index contributed by atoms with van der Waals surface area (Å²) in [5, 5.41) is 3.83. The first-order valence-electron chi connectivity index (χ1n) is 11.8. The number of benzene rings is 2. The minimum Gasteiger partial charge on any atom is -0.455 e.